The average Bonchev–Trinajstić information content (AvgIpc) is 3.63. The summed E-state index contributed by atoms with van der Waals surface area (Å²) in [5, 5.41) is 4.88. The second-order valence-electron chi connectivity index (χ2n) is 10.4. The Morgan fingerprint density at radius 3 is 1.07 bits per heavy atom. The fourth-order valence-electron chi connectivity index (χ4n) is 6.57. The highest BCUT2D eigenvalue weighted by Gasteiger charge is 2.27. The van der Waals surface area contributed by atoms with Crippen LogP contribution in [0.3, 0.4) is 0 Å². The van der Waals surface area contributed by atoms with E-state index >= 15 is 0 Å². The predicted molar refractivity (Wildman–Crippen MR) is 165 cm³/mol. The highest BCUT2D eigenvalue weighted by atomic mass is 32.2. The number of rotatable bonds is 2. The summed E-state index contributed by atoms with van der Waals surface area (Å²) in [6.07, 6.45) is 0. The maximum atomic E-state index is 14.1. The SMILES string of the molecule is O=S1c2cc(-n3c4ccccc4c4ccccc43)ccc2-c2ccc(-n3c4ccccc4c4ccccc43)cc21. The first-order valence-corrected chi connectivity index (χ1v) is 14.6. The van der Waals surface area contributed by atoms with Crippen LogP contribution in [-0.4, -0.2) is 13.3 Å². The third-order valence-electron chi connectivity index (χ3n) is 8.30. The van der Waals surface area contributed by atoms with Crippen molar-refractivity contribution in [3.8, 4) is 22.5 Å². The number of hydrogen-bond acceptors (Lipinski definition) is 1. The van der Waals surface area contributed by atoms with Crippen LogP contribution in [0.2, 0.25) is 0 Å². The maximum absolute atomic E-state index is 14.1. The molecule has 0 spiro atoms. The van der Waals surface area contributed by atoms with Gasteiger partial charge in [0.2, 0.25) is 0 Å². The van der Waals surface area contributed by atoms with Gasteiger partial charge >= 0.3 is 0 Å². The molecule has 3 nitrogen and oxygen atoms in total. The molecule has 1 aliphatic heterocycles. The molecule has 6 aromatic carbocycles. The van der Waals surface area contributed by atoms with E-state index in [9.17, 15) is 4.21 Å². The van der Waals surface area contributed by atoms with Gasteiger partial charge < -0.3 is 9.13 Å². The van der Waals surface area contributed by atoms with E-state index in [0.29, 0.717) is 0 Å². The molecule has 0 fully saturated rings. The molecular formula is C36H22N2OS. The van der Waals surface area contributed by atoms with Crippen molar-refractivity contribution in [1.29, 1.82) is 0 Å². The molecule has 0 bridgehead atoms. The second-order valence-corrected chi connectivity index (χ2v) is 11.8. The average molecular weight is 531 g/mol. The third kappa shape index (κ3) is 2.86. The van der Waals surface area contributed by atoms with Crippen molar-refractivity contribution in [2.24, 2.45) is 0 Å². The molecule has 0 aliphatic carbocycles. The van der Waals surface area contributed by atoms with Crippen molar-refractivity contribution in [3.05, 3.63) is 133 Å². The molecule has 0 saturated heterocycles. The van der Waals surface area contributed by atoms with E-state index in [1.165, 1.54) is 21.5 Å². The molecule has 0 atom stereocenters. The number of hydrogen-bond donors (Lipinski definition) is 0. The van der Waals surface area contributed by atoms with Gasteiger partial charge in [-0.25, -0.2) is 4.21 Å². The molecule has 8 aromatic rings. The van der Waals surface area contributed by atoms with Crippen LogP contribution in [0.4, 0.5) is 0 Å². The zero-order valence-electron chi connectivity index (χ0n) is 21.4. The van der Waals surface area contributed by atoms with Gasteiger partial charge in [-0.2, -0.15) is 0 Å². The van der Waals surface area contributed by atoms with Gasteiger partial charge in [-0.3, -0.25) is 0 Å². The second kappa shape index (κ2) is 8.04. The van der Waals surface area contributed by atoms with Gasteiger partial charge in [0.1, 0.15) is 0 Å². The van der Waals surface area contributed by atoms with Gasteiger partial charge in [0.25, 0.3) is 0 Å². The van der Waals surface area contributed by atoms with Crippen molar-refractivity contribution in [3.63, 3.8) is 0 Å². The van der Waals surface area contributed by atoms with Gasteiger partial charge in [0.05, 0.1) is 42.7 Å². The normalized spacial score (nSPS) is 13.0. The fourth-order valence-corrected chi connectivity index (χ4v) is 8.02. The Labute approximate surface area is 233 Å². The first-order valence-electron chi connectivity index (χ1n) is 13.5. The largest absolute Gasteiger partial charge is 0.309 e. The Bertz CT molecular complexity index is 2090. The number of benzene rings is 6. The van der Waals surface area contributed by atoms with Crippen LogP contribution in [0.1, 0.15) is 0 Å². The van der Waals surface area contributed by atoms with E-state index in [2.05, 4.69) is 143 Å². The highest BCUT2D eigenvalue weighted by molar-refractivity contribution is 7.85. The van der Waals surface area contributed by atoms with Crippen molar-refractivity contribution in [2.75, 3.05) is 0 Å². The summed E-state index contributed by atoms with van der Waals surface area (Å²) < 4.78 is 18.7. The summed E-state index contributed by atoms with van der Waals surface area (Å²) >= 11 is 0. The van der Waals surface area contributed by atoms with E-state index in [0.717, 1.165) is 54.4 Å². The highest BCUT2D eigenvalue weighted by Crippen LogP contribution is 2.44. The van der Waals surface area contributed by atoms with Crippen molar-refractivity contribution < 1.29 is 4.21 Å². The molecule has 0 saturated carbocycles. The molecule has 9 rings (SSSR count). The maximum Gasteiger partial charge on any atom is 0.0863 e. The molecular weight excluding hydrogens is 508 g/mol. The molecule has 3 heterocycles. The minimum Gasteiger partial charge on any atom is -0.309 e. The number of nitrogens with zero attached hydrogens (tertiary/aromatic N) is 2. The molecule has 0 amide bonds. The van der Waals surface area contributed by atoms with Gasteiger partial charge in [0, 0.05) is 32.9 Å². The van der Waals surface area contributed by atoms with Crippen molar-refractivity contribution in [2.45, 2.75) is 9.79 Å². The Morgan fingerprint density at radius 2 is 0.725 bits per heavy atom. The Morgan fingerprint density at radius 1 is 0.400 bits per heavy atom. The fraction of sp³-hybridized carbons (Fsp3) is 0. The molecule has 1 aliphatic rings. The van der Waals surface area contributed by atoms with Gasteiger partial charge in [-0.15, -0.1) is 0 Å². The molecule has 188 valence electrons. The molecule has 0 radical (unpaired) electrons. The smallest absolute Gasteiger partial charge is 0.0863 e. The van der Waals surface area contributed by atoms with Crippen LogP contribution in [0.25, 0.3) is 66.1 Å². The molecule has 2 aromatic heterocycles. The van der Waals surface area contributed by atoms with Crippen LogP contribution in [-0.2, 0) is 10.8 Å². The first kappa shape index (κ1) is 21.9. The van der Waals surface area contributed by atoms with Crippen LogP contribution in [0.5, 0.6) is 0 Å². The number of fused-ring (bicyclic) bond motifs is 9. The van der Waals surface area contributed by atoms with E-state index in [1.54, 1.807) is 0 Å². The molecule has 0 unspecified atom stereocenters. The van der Waals surface area contributed by atoms with E-state index in [4.69, 9.17) is 0 Å². The van der Waals surface area contributed by atoms with Crippen molar-refractivity contribution in [1.82, 2.24) is 9.13 Å². The van der Waals surface area contributed by atoms with Crippen LogP contribution in [0.15, 0.2) is 143 Å². The lowest BCUT2D eigenvalue weighted by Gasteiger charge is -2.10. The zero-order valence-corrected chi connectivity index (χ0v) is 22.2. The minimum atomic E-state index is -1.28. The minimum absolute atomic E-state index is 0.869. The van der Waals surface area contributed by atoms with E-state index < -0.39 is 10.8 Å². The zero-order chi connectivity index (χ0) is 26.4. The molecule has 0 N–H and O–H groups in total. The van der Waals surface area contributed by atoms with Crippen LogP contribution >= 0.6 is 0 Å². The molecule has 40 heavy (non-hydrogen) atoms. The number of para-hydroxylation sites is 4. The van der Waals surface area contributed by atoms with Gasteiger partial charge in [-0.1, -0.05) is 84.9 Å². The summed E-state index contributed by atoms with van der Waals surface area (Å²) in [7, 11) is -1.28. The van der Waals surface area contributed by atoms with Gasteiger partial charge in [-0.05, 0) is 59.7 Å². The predicted octanol–water partition coefficient (Wildman–Crippen LogP) is 9.03. The summed E-state index contributed by atoms with van der Waals surface area (Å²) in [4.78, 5) is 1.74. The summed E-state index contributed by atoms with van der Waals surface area (Å²) in [5.41, 5.74) is 8.76. The first-order chi connectivity index (χ1) is 19.8. The quantitative estimate of drug-likeness (QED) is 0.219. The van der Waals surface area contributed by atoms with E-state index in [-0.39, 0.29) is 0 Å². The Hall–Kier alpha value is -4.93. The lowest BCUT2D eigenvalue weighted by Crippen LogP contribution is -1.96. The summed E-state index contributed by atoms with van der Waals surface area (Å²) in [6.45, 7) is 0. The summed E-state index contributed by atoms with van der Waals surface area (Å²) in [5.74, 6) is 0. The lowest BCUT2D eigenvalue weighted by atomic mass is 10.0. The third-order valence-corrected chi connectivity index (χ3v) is 9.77. The standard InChI is InChI=1S/C36H22N2OS/c39-40-35-21-23(37-31-13-5-1-9-25(31)26-10-2-6-14-32(26)37)17-19-29(35)30-20-18-24(22-36(30)40)38-33-15-7-3-11-27(33)28-12-4-8-16-34(28)38/h1-22H. The van der Waals surface area contributed by atoms with E-state index in [1.807, 2.05) is 0 Å². The van der Waals surface area contributed by atoms with Crippen LogP contribution < -0.4 is 0 Å². The molecule has 4 heteroatoms. The van der Waals surface area contributed by atoms with Crippen LogP contribution in [0, 0.1) is 0 Å². The Balaban J connectivity index is 1.22. The monoisotopic (exact) mass is 530 g/mol. The summed E-state index contributed by atoms with van der Waals surface area (Å²) in [6, 6.07) is 46.8. The lowest BCUT2D eigenvalue weighted by molar-refractivity contribution is 0.685. The number of aromatic nitrogens is 2. The van der Waals surface area contributed by atoms with Crippen molar-refractivity contribution >= 4 is 54.4 Å². The topological polar surface area (TPSA) is 26.9 Å². The Kier molecular flexibility index (Phi) is 4.41. The van der Waals surface area contributed by atoms with Gasteiger partial charge in [0.15, 0.2) is 0 Å².